The number of hydrogen-bond donors (Lipinski definition) is 0. The second-order valence-corrected chi connectivity index (χ2v) is 5.85. The van der Waals surface area contributed by atoms with E-state index in [1.165, 1.54) is 0 Å². The molecule has 0 heterocycles. The third kappa shape index (κ3) is 3.99. The molecule has 21 heavy (non-hydrogen) atoms. The molecule has 0 amide bonds. The zero-order valence-corrected chi connectivity index (χ0v) is 13.4. The molecule has 3 heteroatoms. The number of Topliss-reactive ketones (excluding diaryl/α,β-unsaturated/α-hetero) is 1. The van der Waals surface area contributed by atoms with Crippen molar-refractivity contribution in [3.63, 3.8) is 0 Å². The van der Waals surface area contributed by atoms with Crippen LogP contribution in [0, 0.1) is 11.8 Å². The number of carbonyl (C=O) groups excluding carboxylic acids is 1. The van der Waals surface area contributed by atoms with E-state index in [0.29, 0.717) is 24.7 Å². The molecule has 1 aliphatic carbocycles. The summed E-state index contributed by atoms with van der Waals surface area (Å²) >= 11 is 0. The van der Waals surface area contributed by atoms with Crippen LogP contribution >= 0.6 is 0 Å². The predicted octanol–water partition coefficient (Wildman–Crippen LogP) is 4.49. The maximum atomic E-state index is 12.6. The Morgan fingerprint density at radius 2 is 1.67 bits per heavy atom. The normalized spacial score (nSPS) is 21.9. The van der Waals surface area contributed by atoms with E-state index in [1.807, 2.05) is 32.0 Å². The van der Waals surface area contributed by atoms with Gasteiger partial charge in [-0.15, -0.1) is 0 Å². The molecule has 0 bridgehead atoms. The molecule has 1 aromatic carbocycles. The lowest BCUT2D eigenvalue weighted by molar-refractivity contribution is 0.0875. The average Bonchev–Trinajstić information content (AvgIpc) is 2.49. The molecule has 116 valence electrons. The third-order valence-electron chi connectivity index (χ3n) is 4.21. The third-order valence-corrected chi connectivity index (χ3v) is 4.21. The van der Waals surface area contributed by atoms with Crippen LogP contribution in [-0.4, -0.2) is 19.0 Å². The van der Waals surface area contributed by atoms with Crippen molar-refractivity contribution in [1.82, 2.24) is 0 Å². The van der Waals surface area contributed by atoms with Crippen LogP contribution in [0.4, 0.5) is 0 Å². The standard InChI is InChI=1S/C18H26O3/c1-4-20-16-11-10-15(12-17(16)21-5-2)18(19)14-8-6-13(3)7-9-14/h10-14H,4-9H2,1-3H3. The van der Waals surface area contributed by atoms with Crippen LogP contribution in [0.5, 0.6) is 11.5 Å². The van der Waals surface area contributed by atoms with Gasteiger partial charge >= 0.3 is 0 Å². The van der Waals surface area contributed by atoms with Crippen molar-refractivity contribution in [1.29, 1.82) is 0 Å². The van der Waals surface area contributed by atoms with E-state index >= 15 is 0 Å². The molecular formula is C18H26O3. The summed E-state index contributed by atoms with van der Waals surface area (Å²) in [6.07, 6.45) is 4.34. The molecule has 0 aromatic heterocycles. The van der Waals surface area contributed by atoms with Crippen molar-refractivity contribution in [3.8, 4) is 11.5 Å². The van der Waals surface area contributed by atoms with Gasteiger partial charge in [-0.05, 0) is 50.8 Å². The second kappa shape index (κ2) is 7.48. The van der Waals surface area contributed by atoms with E-state index in [9.17, 15) is 4.79 Å². The molecule has 0 spiro atoms. The molecule has 0 saturated heterocycles. The Kier molecular flexibility index (Phi) is 5.66. The van der Waals surface area contributed by atoms with Crippen LogP contribution in [0.15, 0.2) is 18.2 Å². The molecule has 0 N–H and O–H groups in total. The van der Waals surface area contributed by atoms with Crippen molar-refractivity contribution in [2.24, 2.45) is 11.8 Å². The summed E-state index contributed by atoms with van der Waals surface area (Å²) in [6, 6.07) is 5.57. The molecule has 3 nitrogen and oxygen atoms in total. The molecule has 1 fully saturated rings. The van der Waals surface area contributed by atoms with Crippen LogP contribution in [0.25, 0.3) is 0 Å². The number of rotatable bonds is 6. The zero-order chi connectivity index (χ0) is 15.2. The summed E-state index contributed by atoms with van der Waals surface area (Å²) in [5.41, 5.74) is 0.751. The predicted molar refractivity (Wildman–Crippen MR) is 84.2 cm³/mol. The highest BCUT2D eigenvalue weighted by Crippen LogP contribution is 2.33. The van der Waals surface area contributed by atoms with Gasteiger partial charge < -0.3 is 9.47 Å². The van der Waals surface area contributed by atoms with Crippen molar-refractivity contribution in [2.75, 3.05) is 13.2 Å². The summed E-state index contributed by atoms with van der Waals surface area (Å²) in [5.74, 6) is 2.58. The van der Waals surface area contributed by atoms with E-state index < -0.39 is 0 Å². The molecule has 0 atom stereocenters. The Hall–Kier alpha value is -1.51. The Morgan fingerprint density at radius 1 is 1.05 bits per heavy atom. The van der Waals surface area contributed by atoms with Gasteiger partial charge in [-0.3, -0.25) is 4.79 Å². The van der Waals surface area contributed by atoms with E-state index in [0.717, 1.165) is 37.2 Å². The maximum Gasteiger partial charge on any atom is 0.166 e. The molecule has 0 radical (unpaired) electrons. The first-order valence-corrected chi connectivity index (χ1v) is 8.09. The van der Waals surface area contributed by atoms with Crippen molar-refractivity contribution in [3.05, 3.63) is 23.8 Å². The van der Waals surface area contributed by atoms with E-state index in [-0.39, 0.29) is 11.7 Å². The van der Waals surface area contributed by atoms with Crippen LogP contribution in [-0.2, 0) is 0 Å². The smallest absolute Gasteiger partial charge is 0.166 e. The number of hydrogen-bond acceptors (Lipinski definition) is 3. The van der Waals surface area contributed by atoms with Gasteiger partial charge in [0.15, 0.2) is 17.3 Å². The highest BCUT2D eigenvalue weighted by atomic mass is 16.5. The Bertz CT molecular complexity index is 473. The Morgan fingerprint density at radius 3 is 2.29 bits per heavy atom. The van der Waals surface area contributed by atoms with Gasteiger partial charge in [0.25, 0.3) is 0 Å². The SMILES string of the molecule is CCOc1ccc(C(=O)C2CCC(C)CC2)cc1OCC. The summed E-state index contributed by atoms with van der Waals surface area (Å²) in [7, 11) is 0. The fraction of sp³-hybridized carbons (Fsp3) is 0.611. The van der Waals surface area contributed by atoms with Crippen molar-refractivity contribution in [2.45, 2.75) is 46.5 Å². The summed E-state index contributed by atoms with van der Waals surface area (Å²) in [4.78, 5) is 12.6. The van der Waals surface area contributed by atoms with Gasteiger partial charge in [0.05, 0.1) is 13.2 Å². The lowest BCUT2D eigenvalue weighted by atomic mass is 9.79. The molecular weight excluding hydrogens is 264 g/mol. The minimum atomic E-state index is 0.175. The second-order valence-electron chi connectivity index (χ2n) is 5.85. The summed E-state index contributed by atoms with van der Waals surface area (Å²) < 4.78 is 11.2. The van der Waals surface area contributed by atoms with Gasteiger partial charge in [-0.2, -0.15) is 0 Å². The van der Waals surface area contributed by atoms with Gasteiger partial charge in [-0.25, -0.2) is 0 Å². The first-order valence-electron chi connectivity index (χ1n) is 8.09. The fourth-order valence-corrected chi connectivity index (χ4v) is 2.96. The van der Waals surface area contributed by atoms with E-state index in [1.54, 1.807) is 0 Å². The van der Waals surface area contributed by atoms with Crippen LogP contribution in [0.3, 0.4) is 0 Å². The molecule has 0 aliphatic heterocycles. The largest absolute Gasteiger partial charge is 0.490 e. The molecule has 2 rings (SSSR count). The van der Waals surface area contributed by atoms with E-state index in [2.05, 4.69) is 6.92 Å². The van der Waals surface area contributed by atoms with Gasteiger partial charge in [-0.1, -0.05) is 19.8 Å². The first kappa shape index (κ1) is 15.9. The van der Waals surface area contributed by atoms with Gasteiger partial charge in [0.2, 0.25) is 0 Å². The Labute approximate surface area is 127 Å². The lowest BCUT2D eigenvalue weighted by Gasteiger charge is -2.25. The summed E-state index contributed by atoms with van der Waals surface area (Å²) in [6.45, 7) is 7.31. The first-order chi connectivity index (χ1) is 10.2. The maximum absolute atomic E-state index is 12.6. The van der Waals surface area contributed by atoms with Crippen LogP contribution in [0.2, 0.25) is 0 Å². The quantitative estimate of drug-likeness (QED) is 0.724. The van der Waals surface area contributed by atoms with Gasteiger partial charge in [0, 0.05) is 11.5 Å². The minimum Gasteiger partial charge on any atom is -0.490 e. The minimum absolute atomic E-state index is 0.175. The molecule has 1 saturated carbocycles. The lowest BCUT2D eigenvalue weighted by Crippen LogP contribution is -2.21. The number of ether oxygens (including phenoxy) is 2. The number of ketones is 1. The monoisotopic (exact) mass is 290 g/mol. The summed E-state index contributed by atoms with van der Waals surface area (Å²) in [5, 5.41) is 0. The van der Waals surface area contributed by atoms with Crippen LogP contribution < -0.4 is 9.47 Å². The highest BCUT2D eigenvalue weighted by molar-refractivity contribution is 5.98. The topological polar surface area (TPSA) is 35.5 Å². The average molecular weight is 290 g/mol. The molecule has 0 unspecified atom stereocenters. The highest BCUT2D eigenvalue weighted by Gasteiger charge is 2.25. The zero-order valence-electron chi connectivity index (χ0n) is 13.4. The van der Waals surface area contributed by atoms with E-state index in [4.69, 9.17) is 9.47 Å². The van der Waals surface area contributed by atoms with Crippen molar-refractivity contribution >= 4 is 5.78 Å². The van der Waals surface area contributed by atoms with Crippen LogP contribution in [0.1, 0.15) is 56.8 Å². The van der Waals surface area contributed by atoms with Crippen molar-refractivity contribution < 1.29 is 14.3 Å². The fourth-order valence-electron chi connectivity index (χ4n) is 2.96. The number of benzene rings is 1. The molecule has 1 aromatic rings. The van der Waals surface area contributed by atoms with Gasteiger partial charge in [0.1, 0.15) is 0 Å². The number of carbonyl (C=O) groups is 1. The Balaban J connectivity index is 2.15. The molecule has 1 aliphatic rings.